The number of phenols is 1. The van der Waals surface area contributed by atoms with E-state index < -0.39 is 5.97 Å². The number of Topliss-reactive ketones (excluding diaryl/α,β-unsaturated/α-hetero) is 1. The fraction of sp³-hybridized carbons (Fsp3) is 0.308. The van der Waals surface area contributed by atoms with Gasteiger partial charge in [-0.25, -0.2) is 4.79 Å². The minimum absolute atomic E-state index is 0.189. The smallest absolute Gasteiger partial charge is 0.339 e. The highest BCUT2D eigenvalue weighted by Crippen LogP contribution is 2.36. The van der Waals surface area contributed by atoms with E-state index in [0.29, 0.717) is 28.3 Å². The van der Waals surface area contributed by atoms with Crippen LogP contribution in [0, 0.1) is 0 Å². The summed E-state index contributed by atoms with van der Waals surface area (Å²) in [5.74, 6) is -1.60. The Balaban J connectivity index is 2.36. The number of carboxylic acids is 1. The third kappa shape index (κ3) is 6.72. The van der Waals surface area contributed by atoms with Gasteiger partial charge in [-0.3, -0.25) is 4.79 Å². The molecule has 0 fully saturated rings. The van der Waals surface area contributed by atoms with Crippen molar-refractivity contribution in [3.63, 3.8) is 0 Å². The molecule has 0 saturated heterocycles. The predicted molar refractivity (Wildman–Crippen MR) is 127 cm³/mol. The average molecular weight is 457 g/mol. The molecular formula is C26H29ClO5. The van der Waals surface area contributed by atoms with E-state index in [4.69, 9.17) is 16.3 Å². The summed E-state index contributed by atoms with van der Waals surface area (Å²) in [5, 5.41) is 21.1. The van der Waals surface area contributed by atoms with Crippen LogP contribution in [0.2, 0.25) is 5.02 Å². The van der Waals surface area contributed by atoms with Gasteiger partial charge in [-0.1, -0.05) is 34.9 Å². The number of methoxy groups -OCH3 is 1. The molecule has 5 nitrogen and oxygen atoms in total. The number of halogens is 1. The van der Waals surface area contributed by atoms with Gasteiger partial charge in [0, 0.05) is 22.6 Å². The van der Waals surface area contributed by atoms with E-state index in [1.54, 1.807) is 24.3 Å². The van der Waals surface area contributed by atoms with Gasteiger partial charge in [0.05, 0.1) is 7.11 Å². The van der Waals surface area contributed by atoms with E-state index in [2.05, 4.69) is 19.9 Å². The van der Waals surface area contributed by atoms with Crippen LogP contribution in [-0.2, 0) is 12.8 Å². The first-order chi connectivity index (χ1) is 15.1. The number of ketones is 1. The molecular weight excluding hydrogens is 428 g/mol. The molecule has 2 N–H and O–H groups in total. The number of carbonyl (C=O) groups is 2. The Morgan fingerprint density at radius 3 is 2.31 bits per heavy atom. The van der Waals surface area contributed by atoms with Crippen molar-refractivity contribution in [1.82, 2.24) is 0 Å². The summed E-state index contributed by atoms with van der Waals surface area (Å²) >= 11 is 5.87. The van der Waals surface area contributed by atoms with Crippen LogP contribution >= 0.6 is 11.6 Å². The van der Waals surface area contributed by atoms with E-state index in [-0.39, 0.29) is 29.1 Å². The Morgan fingerprint density at radius 2 is 1.75 bits per heavy atom. The molecule has 0 aliphatic carbocycles. The fourth-order valence-electron chi connectivity index (χ4n) is 3.37. The van der Waals surface area contributed by atoms with E-state index in [1.807, 2.05) is 13.0 Å². The Morgan fingerprint density at radius 1 is 1.09 bits per heavy atom. The number of hydrogen-bond acceptors (Lipinski definition) is 4. The summed E-state index contributed by atoms with van der Waals surface area (Å²) < 4.78 is 5.43. The Bertz CT molecular complexity index is 1040. The van der Waals surface area contributed by atoms with E-state index in [1.165, 1.54) is 18.7 Å². The Kier molecular flexibility index (Phi) is 9.09. The first kappa shape index (κ1) is 25.2. The van der Waals surface area contributed by atoms with Crippen molar-refractivity contribution in [3.05, 3.63) is 80.9 Å². The second-order valence-electron chi connectivity index (χ2n) is 7.93. The molecule has 0 heterocycles. The summed E-state index contributed by atoms with van der Waals surface area (Å²) in [5.41, 5.74) is 3.09. The van der Waals surface area contributed by atoms with Gasteiger partial charge in [-0.2, -0.15) is 0 Å². The lowest BCUT2D eigenvalue weighted by atomic mass is 9.93. The molecule has 0 spiro atoms. The second-order valence-corrected chi connectivity index (χ2v) is 8.36. The maximum atomic E-state index is 12.7. The molecule has 0 aliphatic heterocycles. The molecule has 0 unspecified atom stereocenters. The van der Waals surface area contributed by atoms with E-state index in [9.17, 15) is 19.8 Å². The zero-order valence-electron chi connectivity index (χ0n) is 18.9. The predicted octanol–water partition coefficient (Wildman–Crippen LogP) is 6.41. The second kappa shape index (κ2) is 11.5. The minimum atomic E-state index is -1.30. The molecule has 2 rings (SSSR count). The SMILES string of the molecule is COc1cc(CC(=O)c2ccc(Cl)cc2)c(C(=O)O)c(O)c1C/C=C(\C)CCC=C(C)C. The first-order valence-electron chi connectivity index (χ1n) is 10.4. The van der Waals surface area contributed by atoms with Gasteiger partial charge in [0.25, 0.3) is 0 Å². The molecule has 32 heavy (non-hydrogen) atoms. The quantitative estimate of drug-likeness (QED) is 0.318. The van der Waals surface area contributed by atoms with Crippen LogP contribution in [0.5, 0.6) is 11.5 Å². The number of aromatic hydroxyl groups is 1. The summed E-state index contributed by atoms with van der Waals surface area (Å²) in [4.78, 5) is 24.6. The molecule has 6 heteroatoms. The van der Waals surface area contributed by atoms with Gasteiger partial charge in [0.15, 0.2) is 5.78 Å². The van der Waals surface area contributed by atoms with Crippen molar-refractivity contribution >= 4 is 23.4 Å². The van der Waals surface area contributed by atoms with Crippen LogP contribution < -0.4 is 4.74 Å². The summed E-state index contributed by atoms with van der Waals surface area (Å²) in [7, 11) is 1.45. The molecule has 0 amide bonds. The molecule has 2 aromatic carbocycles. The number of hydrogen-bond donors (Lipinski definition) is 2. The topological polar surface area (TPSA) is 83.8 Å². The molecule has 0 aliphatic rings. The van der Waals surface area contributed by atoms with Crippen LogP contribution in [-0.4, -0.2) is 29.1 Å². The molecule has 170 valence electrons. The monoisotopic (exact) mass is 456 g/mol. The van der Waals surface area contributed by atoms with Crippen LogP contribution in [0.3, 0.4) is 0 Å². The van der Waals surface area contributed by atoms with Gasteiger partial charge in [-0.05, 0) is 75.9 Å². The van der Waals surface area contributed by atoms with Crippen molar-refractivity contribution in [3.8, 4) is 11.5 Å². The maximum absolute atomic E-state index is 12.7. The number of allylic oxidation sites excluding steroid dienone is 4. The fourth-order valence-corrected chi connectivity index (χ4v) is 3.50. The lowest BCUT2D eigenvalue weighted by Gasteiger charge is -2.16. The zero-order valence-corrected chi connectivity index (χ0v) is 19.6. The van der Waals surface area contributed by atoms with Crippen LogP contribution in [0.4, 0.5) is 0 Å². The van der Waals surface area contributed by atoms with E-state index in [0.717, 1.165) is 18.4 Å². The van der Waals surface area contributed by atoms with E-state index >= 15 is 0 Å². The highest BCUT2D eigenvalue weighted by atomic mass is 35.5. The Labute approximate surface area is 194 Å². The molecule has 0 aromatic heterocycles. The molecule has 0 radical (unpaired) electrons. The van der Waals surface area contributed by atoms with Gasteiger partial charge >= 0.3 is 5.97 Å². The summed E-state index contributed by atoms with van der Waals surface area (Å²) in [6.45, 7) is 6.10. The van der Waals surface area contributed by atoms with Crippen LogP contribution in [0.1, 0.15) is 65.5 Å². The van der Waals surface area contributed by atoms with Crippen molar-refractivity contribution in [1.29, 1.82) is 0 Å². The molecule has 0 atom stereocenters. The van der Waals surface area contributed by atoms with Gasteiger partial charge in [-0.15, -0.1) is 0 Å². The van der Waals surface area contributed by atoms with Crippen LogP contribution in [0.25, 0.3) is 0 Å². The van der Waals surface area contributed by atoms with Crippen molar-refractivity contribution < 1.29 is 24.5 Å². The number of benzene rings is 2. The number of carbonyl (C=O) groups excluding carboxylic acids is 1. The summed E-state index contributed by atoms with van der Waals surface area (Å²) in [6, 6.07) is 7.89. The maximum Gasteiger partial charge on any atom is 0.339 e. The third-order valence-corrected chi connectivity index (χ3v) is 5.40. The molecule has 2 aromatic rings. The lowest BCUT2D eigenvalue weighted by Crippen LogP contribution is -2.11. The largest absolute Gasteiger partial charge is 0.507 e. The molecule has 0 saturated carbocycles. The minimum Gasteiger partial charge on any atom is -0.507 e. The lowest BCUT2D eigenvalue weighted by molar-refractivity contribution is 0.0692. The van der Waals surface area contributed by atoms with Crippen molar-refractivity contribution in [2.24, 2.45) is 0 Å². The van der Waals surface area contributed by atoms with Crippen LogP contribution in [0.15, 0.2) is 53.6 Å². The summed E-state index contributed by atoms with van der Waals surface area (Å²) in [6.07, 6.45) is 6.03. The van der Waals surface area contributed by atoms with Crippen molar-refractivity contribution in [2.45, 2.75) is 46.5 Å². The van der Waals surface area contributed by atoms with Gasteiger partial charge < -0.3 is 14.9 Å². The first-order valence-corrected chi connectivity index (χ1v) is 10.7. The van der Waals surface area contributed by atoms with Gasteiger partial charge in [0.1, 0.15) is 17.1 Å². The zero-order chi connectivity index (χ0) is 23.8. The number of carboxylic acid groups (broad SMARTS) is 1. The standard InChI is InChI=1S/C26H29ClO5/c1-16(2)6-5-7-17(3)8-13-21-23(32-4)15-19(24(25(21)29)26(30)31)14-22(28)18-9-11-20(27)12-10-18/h6,8-12,15,29H,5,7,13-14H2,1-4H3,(H,30,31)/b17-8+. The number of aromatic carboxylic acids is 1. The van der Waals surface area contributed by atoms with Gasteiger partial charge in [0.2, 0.25) is 0 Å². The highest BCUT2D eigenvalue weighted by Gasteiger charge is 2.24. The third-order valence-electron chi connectivity index (χ3n) is 5.14. The normalized spacial score (nSPS) is 11.2. The molecule has 0 bridgehead atoms. The number of ether oxygens (including phenoxy) is 1. The van der Waals surface area contributed by atoms with Crippen molar-refractivity contribution in [2.75, 3.05) is 7.11 Å². The number of rotatable bonds is 10. The average Bonchev–Trinajstić information content (AvgIpc) is 2.72. The Hall–Kier alpha value is -3.05. The highest BCUT2D eigenvalue weighted by molar-refractivity contribution is 6.30.